The molecule has 0 unspecified atom stereocenters. The summed E-state index contributed by atoms with van der Waals surface area (Å²) in [5.41, 5.74) is 2.51. The second-order valence-electron chi connectivity index (χ2n) is 5.02. The standard InChI is InChI=1S/C19H14ClNO2/c20-16-8-5-7-14(12-16)17(19(22)23)13-15-6-1-2-9-18(15)21-10-3-4-11-21/h1-13H,(H,22,23)/b17-13-. The van der Waals surface area contributed by atoms with Crippen LogP contribution in [0.5, 0.6) is 0 Å². The molecule has 0 amide bonds. The Morgan fingerprint density at radius 3 is 2.43 bits per heavy atom. The van der Waals surface area contributed by atoms with Crippen LogP contribution in [0.15, 0.2) is 73.1 Å². The lowest BCUT2D eigenvalue weighted by molar-refractivity contribution is -0.130. The zero-order valence-electron chi connectivity index (χ0n) is 12.2. The third kappa shape index (κ3) is 3.35. The number of carbonyl (C=O) groups is 1. The molecule has 0 bridgehead atoms. The third-order valence-electron chi connectivity index (χ3n) is 3.49. The first-order valence-corrected chi connectivity index (χ1v) is 7.46. The van der Waals surface area contributed by atoms with Crippen LogP contribution in [-0.4, -0.2) is 15.6 Å². The number of rotatable bonds is 4. The minimum Gasteiger partial charge on any atom is -0.478 e. The van der Waals surface area contributed by atoms with E-state index in [0.29, 0.717) is 10.6 Å². The van der Waals surface area contributed by atoms with Gasteiger partial charge in [0.2, 0.25) is 0 Å². The quantitative estimate of drug-likeness (QED) is 0.556. The van der Waals surface area contributed by atoms with Crippen molar-refractivity contribution < 1.29 is 9.90 Å². The number of carboxylic acids is 1. The molecule has 2 aromatic carbocycles. The lowest BCUT2D eigenvalue weighted by Gasteiger charge is -2.09. The normalized spacial score (nSPS) is 11.4. The molecule has 1 heterocycles. The fourth-order valence-electron chi connectivity index (χ4n) is 2.42. The van der Waals surface area contributed by atoms with Gasteiger partial charge in [-0.1, -0.05) is 41.9 Å². The van der Waals surface area contributed by atoms with Crippen molar-refractivity contribution >= 4 is 29.2 Å². The minimum absolute atomic E-state index is 0.201. The predicted molar refractivity (Wildman–Crippen MR) is 92.7 cm³/mol. The molecule has 114 valence electrons. The Hall–Kier alpha value is -2.78. The van der Waals surface area contributed by atoms with Crippen LogP contribution in [0.4, 0.5) is 0 Å². The smallest absolute Gasteiger partial charge is 0.336 e. The van der Waals surface area contributed by atoms with Crippen LogP contribution in [0.3, 0.4) is 0 Å². The fraction of sp³-hybridized carbons (Fsp3) is 0. The molecule has 4 heteroatoms. The van der Waals surface area contributed by atoms with Gasteiger partial charge in [-0.3, -0.25) is 0 Å². The van der Waals surface area contributed by atoms with E-state index >= 15 is 0 Å². The highest BCUT2D eigenvalue weighted by molar-refractivity contribution is 6.31. The lowest BCUT2D eigenvalue weighted by Crippen LogP contribution is -2.01. The van der Waals surface area contributed by atoms with Gasteiger partial charge in [-0.2, -0.15) is 0 Å². The molecule has 0 spiro atoms. The summed E-state index contributed by atoms with van der Waals surface area (Å²) >= 11 is 5.98. The molecule has 3 rings (SSSR count). The van der Waals surface area contributed by atoms with E-state index < -0.39 is 5.97 Å². The minimum atomic E-state index is -0.991. The molecule has 23 heavy (non-hydrogen) atoms. The number of carboxylic acid groups (broad SMARTS) is 1. The number of benzene rings is 2. The number of aromatic nitrogens is 1. The number of hydrogen-bond acceptors (Lipinski definition) is 1. The van der Waals surface area contributed by atoms with Gasteiger partial charge in [-0.15, -0.1) is 0 Å². The Morgan fingerprint density at radius 2 is 1.74 bits per heavy atom. The monoisotopic (exact) mass is 323 g/mol. The van der Waals surface area contributed by atoms with Gasteiger partial charge in [0, 0.05) is 17.4 Å². The molecule has 0 atom stereocenters. The van der Waals surface area contributed by atoms with Crippen LogP contribution in [0.25, 0.3) is 17.3 Å². The van der Waals surface area contributed by atoms with Crippen LogP contribution in [-0.2, 0) is 4.79 Å². The summed E-state index contributed by atoms with van der Waals surface area (Å²) < 4.78 is 1.95. The lowest BCUT2D eigenvalue weighted by atomic mass is 10.0. The van der Waals surface area contributed by atoms with Gasteiger partial charge < -0.3 is 9.67 Å². The van der Waals surface area contributed by atoms with E-state index in [4.69, 9.17) is 11.6 Å². The van der Waals surface area contributed by atoms with Gasteiger partial charge in [0.25, 0.3) is 0 Å². The number of halogens is 1. The molecular formula is C19H14ClNO2. The molecule has 0 aliphatic rings. The van der Waals surface area contributed by atoms with E-state index in [2.05, 4.69) is 0 Å². The highest BCUT2D eigenvalue weighted by Gasteiger charge is 2.12. The Labute approximate surface area is 139 Å². The van der Waals surface area contributed by atoms with E-state index in [9.17, 15) is 9.90 Å². The fourth-order valence-corrected chi connectivity index (χ4v) is 2.61. The van der Waals surface area contributed by atoms with Crippen molar-refractivity contribution in [3.05, 3.63) is 89.2 Å². The first-order valence-electron chi connectivity index (χ1n) is 7.08. The van der Waals surface area contributed by atoms with Crippen LogP contribution in [0.2, 0.25) is 5.02 Å². The van der Waals surface area contributed by atoms with Crippen molar-refractivity contribution in [1.29, 1.82) is 0 Å². The summed E-state index contributed by atoms with van der Waals surface area (Å²) in [5.74, 6) is -0.991. The Morgan fingerprint density at radius 1 is 1.00 bits per heavy atom. The maximum absolute atomic E-state index is 11.7. The van der Waals surface area contributed by atoms with Crippen molar-refractivity contribution in [2.45, 2.75) is 0 Å². The van der Waals surface area contributed by atoms with Crippen molar-refractivity contribution in [3.63, 3.8) is 0 Å². The SMILES string of the molecule is O=C(O)/C(=C\c1ccccc1-n1cccc1)c1cccc(Cl)c1. The summed E-state index contributed by atoms with van der Waals surface area (Å²) in [5, 5.41) is 10.1. The molecule has 1 N–H and O–H groups in total. The number of para-hydroxylation sites is 1. The molecule has 0 saturated carbocycles. The second-order valence-corrected chi connectivity index (χ2v) is 5.46. The average Bonchev–Trinajstić information content (AvgIpc) is 3.07. The summed E-state index contributed by atoms with van der Waals surface area (Å²) in [6.45, 7) is 0. The number of hydrogen-bond donors (Lipinski definition) is 1. The molecule has 0 aliphatic heterocycles. The van der Waals surface area contributed by atoms with Crippen LogP contribution in [0, 0.1) is 0 Å². The zero-order chi connectivity index (χ0) is 16.2. The molecule has 0 saturated heterocycles. The van der Waals surface area contributed by atoms with Gasteiger partial charge in [0.15, 0.2) is 0 Å². The van der Waals surface area contributed by atoms with E-state index in [1.54, 1.807) is 30.3 Å². The molecule has 0 radical (unpaired) electrons. The molecule has 0 aliphatic carbocycles. The zero-order valence-corrected chi connectivity index (χ0v) is 12.9. The summed E-state index contributed by atoms with van der Waals surface area (Å²) in [7, 11) is 0. The maximum atomic E-state index is 11.7. The van der Waals surface area contributed by atoms with Crippen molar-refractivity contribution in [2.24, 2.45) is 0 Å². The van der Waals surface area contributed by atoms with Crippen molar-refractivity contribution in [1.82, 2.24) is 4.57 Å². The van der Waals surface area contributed by atoms with Gasteiger partial charge in [-0.25, -0.2) is 4.79 Å². The van der Waals surface area contributed by atoms with E-state index in [1.807, 2.05) is 53.4 Å². The van der Waals surface area contributed by atoms with E-state index in [-0.39, 0.29) is 5.57 Å². The van der Waals surface area contributed by atoms with Crippen LogP contribution in [0.1, 0.15) is 11.1 Å². The molecule has 0 fully saturated rings. The van der Waals surface area contributed by atoms with Crippen LogP contribution < -0.4 is 0 Å². The summed E-state index contributed by atoms with van der Waals surface area (Å²) in [4.78, 5) is 11.7. The van der Waals surface area contributed by atoms with Crippen molar-refractivity contribution in [3.8, 4) is 5.69 Å². The highest BCUT2D eigenvalue weighted by atomic mass is 35.5. The largest absolute Gasteiger partial charge is 0.478 e. The highest BCUT2D eigenvalue weighted by Crippen LogP contribution is 2.24. The summed E-state index contributed by atoms with van der Waals surface area (Å²) in [6, 6.07) is 18.4. The molecule has 3 nitrogen and oxygen atoms in total. The second kappa shape index (κ2) is 6.55. The van der Waals surface area contributed by atoms with Gasteiger partial charge in [-0.05, 0) is 47.5 Å². The van der Waals surface area contributed by atoms with Gasteiger partial charge >= 0.3 is 5.97 Å². The number of nitrogens with zero attached hydrogens (tertiary/aromatic N) is 1. The Bertz CT molecular complexity index is 867. The Kier molecular flexibility index (Phi) is 4.31. The Balaban J connectivity index is 2.13. The summed E-state index contributed by atoms with van der Waals surface area (Å²) in [6.07, 6.45) is 5.52. The predicted octanol–water partition coefficient (Wildman–Crippen LogP) is 4.76. The third-order valence-corrected chi connectivity index (χ3v) is 3.72. The van der Waals surface area contributed by atoms with E-state index in [0.717, 1.165) is 11.3 Å². The molecule has 3 aromatic rings. The molecule has 1 aromatic heterocycles. The number of aliphatic carboxylic acids is 1. The average molecular weight is 324 g/mol. The first-order chi connectivity index (χ1) is 11.1. The molecular weight excluding hydrogens is 310 g/mol. The van der Waals surface area contributed by atoms with Crippen molar-refractivity contribution in [2.75, 3.05) is 0 Å². The first kappa shape index (κ1) is 15.1. The van der Waals surface area contributed by atoms with Gasteiger partial charge in [0.1, 0.15) is 0 Å². The van der Waals surface area contributed by atoms with E-state index in [1.165, 1.54) is 0 Å². The topological polar surface area (TPSA) is 42.2 Å². The maximum Gasteiger partial charge on any atom is 0.336 e. The van der Waals surface area contributed by atoms with Gasteiger partial charge in [0.05, 0.1) is 11.3 Å². The van der Waals surface area contributed by atoms with Crippen LogP contribution >= 0.6 is 11.6 Å².